The predicted molar refractivity (Wildman–Crippen MR) is 55.0 cm³/mol. The summed E-state index contributed by atoms with van der Waals surface area (Å²) in [6, 6.07) is 2.59. The highest BCUT2D eigenvalue weighted by Gasteiger charge is 2.19. The van der Waals surface area contributed by atoms with Gasteiger partial charge in [-0.15, -0.1) is 9.94 Å². The quantitative estimate of drug-likeness (QED) is 0.632. The molecule has 0 amide bonds. The number of hydrogen-bond donors (Lipinski definition) is 1. The number of fused-ring (bicyclic) bond motifs is 1. The molecular weight excluding hydrogens is 263 g/mol. The van der Waals surface area contributed by atoms with Crippen molar-refractivity contribution in [2.24, 2.45) is 0 Å². The van der Waals surface area contributed by atoms with E-state index in [1.54, 1.807) is 0 Å². The molecule has 5 nitrogen and oxygen atoms in total. The Morgan fingerprint density at radius 3 is 2.67 bits per heavy atom. The van der Waals surface area contributed by atoms with E-state index in [1.165, 1.54) is 18.3 Å². The van der Waals surface area contributed by atoms with Gasteiger partial charge in [-0.05, 0) is 12.1 Å². The van der Waals surface area contributed by atoms with Gasteiger partial charge in [-0.3, -0.25) is 0 Å². The molecule has 1 heterocycles. The lowest BCUT2D eigenvalue weighted by molar-refractivity contribution is 0.160. The van der Waals surface area contributed by atoms with Crippen LogP contribution in [0, 0.1) is 0 Å². The van der Waals surface area contributed by atoms with Crippen LogP contribution in [0.2, 0.25) is 5.02 Å². The van der Waals surface area contributed by atoms with Crippen LogP contribution in [-0.2, 0) is 9.05 Å². The second-order valence-electron chi connectivity index (χ2n) is 2.78. The van der Waals surface area contributed by atoms with E-state index < -0.39 is 9.05 Å². The number of rotatable bonds is 1. The van der Waals surface area contributed by atoms with Gasteiger partial charge >= 0.3 is 0 Å². The average molecular weight is 267 g/mol. The molecule has 1 N–H and O–H groups in total. The Kier molecular flexibility index (Phi) is 2.29. The first-order valence-electron chi connectivity index (χ1n) is 3.71. The zero-order valence-corrected chi connectivity index (χ0v) is 9.38. The van der Waals surface area contributed by atoms with Crippen molar-refractivity contribution in [3.63, 3.8) is 0 Å². The molecule has 0 aliphatic heterocycles. The summed E-state index contributed by atoms with van der Waals surface area (Å²) in [5.41, 5.74) is -0.0301. The van der Waals surface area contributed by atoms with Crippen LogP contribution in [0.5, 0.6) is 0 Å². The Morgan fingerprint density at radius 1 is 1.40 bits per heavy atom. The minimum Gasteiger partial charge on any atom is -0.411 e. The molecule has 0 aliphatic rings. The van der Waals surface area contributed by atoms with Crippen molar-refractivity contribution in [2.45, 2.75) is 4.90 Å². The number of aromatic nitrogens is 2. The van der Waals surface area contributed by atoms with Gasteiger partial charge in [0, 0.05) is 16.1 Å². The maximum atomic E-state index is 11.2. The lowest BCUT2D eigenvalue weighted by Gasteiger charge is -2.01. The third-order valence-corrected chi connectivity index (χ3v) is 3.57. The third-order valence-electron chi connectivity index (χ3n) is 1.89. The molecule has 2 aromatic rings. The van der Waals surface area contributed by atoms with Gasteiger partial charge in [0.1, 0.15) is 10.4 Å². The molecule has 15 heavy (non-hydrogen) atoms. The molecule has 8 heteroatoms. The van der Waals surface area contributed by atoms with Crippen molar-refractivity contribution in [1.82, 2.24) is 9.94 Å². The van der Waals surface area contributed by atoms with Crippen LogP contribution in [0.15, 0.2) is 23.2 Å². The summed E-state index contributed by atoms with van der Waals surface area (Å²) in [4.78, 5) is 0.194. The molecule has 0 atom stereocenters. The van der Waals surface area contributed by atoms with Gasteiger partial charge in [0.2, 0.25) is 0 Å². The molecule has 1 aromatic carbocycles. The minimum absolute atomic E-state index is 0.0301. The van der Waals surface area contributed by atoms with Crippen molar-refractivity contribution in [1.29, 1.82) is 0 Å². The SMILES string of the molecule is O=S(=O)(Cl)c1ccc(Cl)c2cnn(O)c12. The topological polar surface area (TPSA) is 72.2 Å². The zero-order chi connectivity index (χ0) is 11.2. The van der Waals surface area contributed by atoms with Gasteiger partial charge in [-0.25, -0.2) is 8.42 Å². The fraction of sp³-hybridized carbons (Fsp3) is 0. The van der Waals surface area contributed by atoms with Crippen molar-refractivity contribution in [3.05, 3.63) is 23.4 Å². The van der Waals surface area contributed by atoms with Crippen LogP contribution < -0.4 is 0 Å². The number of nitrogens with zero attached hydrogens (tertiary/aromatic N) is 2. The standard InChI is InChI=1S/C7H4Cl2N2O3S/c8-5-1-2-6(15(9,13)14)7-4(5)3-10-11(7)12/h1-3,12H. The smallest absolute Gasteiger partial charge is 0.263 e. The Morgan fingerprint density at radius 2 is 2.07 bits per heavy atom. The zero-order valence-electron chi connectivity index (χ0n) is 7.05. The fourth-order valence-corrected chi connectivity index (χ4v) is 2.49. The van der Waals surface area contributed by atoms with Crippen molar-refractivity contribution in [2.75, 3.05) is 0 Å². The van der Waals surface area contributed by atoms with E-state index >= 15 is 0 Å². The molecule has 0 bridgehead atoms. The highest BCUT2D eigenvalue weighted by Crippen LogP contribution is 2.30. The Labute approximate surface area is 94.2 Å². The van der Waals surface area contributed by atoms with E-state index in [4.69, 9.17) is 22.3 Å². The molecule has 1 aromatic heterocycles. The largest absolute Gasteiger partial charge is 0.411 e. The van der Waals surface area contributed by atoms with Gasteiger partial charge in [-0.1, -0.05) is 11.6 Å². The lowest BCUT2D eigenvalue weighted by Crippen LogP contribution is -1.98. The molecule has 0 saturated heterocycles. The molecule has 0 spiro atoms. The second kappa shape index (κ2) is 3.26. The van der Waals surface area contributed by atoms with Crippen molar-refractivity contribution in [3.8, 4) is 0 Å². The summed E-state index contributed by atoms with van der Waals surface area (Å²) in [6.45, 7) is 0. The maximum absolute atomic E-state index is 11.2. The monoisotopic (exact) mass is 266 g/mol. The summed E-state index contributed by atoms with van der Waals surface area (Å²) in [7, 11) is 1.25. The third kappa shape index (κ3) is 1.64. The second-order valence-corrected chi connectivity index (χ2v) is 5.72. The van der Waals surface area contributed by atoms with Gasteiger partial charge in [0.05, 0.1) is 11.2 Å². The molecule has 0 fully saturated rings. The van der Waals surface area contributed by atoms with E-state index in [1.807, 2.05) is 0 Å². The molecule has 2 rings (SSSR count). The first-order chi connectivity index (χ1) is 6.91. The number of hydrogen-bond acceptors (Lipinski definition) is 4. The van der Waals surface area contributed by atoms with Crippen LogP contribution >= 0.6 is 22.3 Å². The van der Waals surface area contributed by atoms with Gasteiger partial charge in [0.25, 0.3) is 9.05 Å². The normalized spacial score (nSPS) is 12.1. The van der Waals surface area contributed by atoms with E-state index in [-0.39, 0.29) is 15.4 Å². The Hall–Kier alpha value is -0.980. The number of benzene rings is 1. The molecule has 0 saturated carbocycles. The predicted octanol–water partition coefficient (Wildman–Crippen LogP) is 1.85. The summed E-state index contributed by atoms with van der Waals surface area (Å²) in [5, 5.41) is 13.4. The van der Waals surface area contributed by atoms with Crippen LogP contribution in [-0.4, -0.2) is 23.6 Å². The molecular formula is C7H4Cl2N2O3S. The first-order valence-corrected chi connectivity index (χ1v) is 6.40. The van der Waals surface area contributed by atoms with Crippen molar-refractivity contribution >= 4 is 42.2 Å². The van der Waals surface area contributed by atoms with Crippen LogP contribution in [0.1, 0.15) is 0 Å². The van der Waals surface area contributed by atoms with E-state index in [0.29, 0.717) is 10.2 Å². The molecule has 0 unspecified atom stereocenters. The van der Waals surface area contributed by atoms with Crippen molar-refractivity contribution < 1.29 is 13.6 Å². The van der Waals surface area contributed by atoms with E-state index in [9.17, 15) is 13.6 Å². The van der Waals surface area contributed by atoms with Gasteiger partial charge < -0.3 is 5.21 Å². The number of halogens is 2. The summed E-state index contributed by atoms with van der Waals surface area (Å²) in [5.74, 6) is 0. The maximum Gasteiger partial charge on any atom is 0.263 e. The Bertz CT molecular complexity index is 635. The van der Waals surface area contributed by atoms with Crippen LogP contribution in [0.25, 0.3) is 10.9 Å². The minimum atomic E-state index is -3.95. The highest BCUT2D eigenvalue weighted by molar-refractivity contribution is 8.14. The molecule has 80 valence electrons. The van der Waals surface area contributed by atoms with E-state index in [2.05, 4.69) is 5.10 Å². The summed E-state index contributed by atoms with van der Waals surface area (Å²) in [6.07, 6.45) is 1.25. The average Bonchev–Trinajstić information content (AvgIpc) is 2.48. The fourth-order valence-electron chi connectivity index (χ4n) is 1.26. The molecule has 0 radical (unpaired) electrons. The lowest BCUT2D eigenvalue weighted by atomic mass is 10.2. The highest BCUT2D eigenvalue weighted by atomic mass is 35.7. The summed E-state index contributed by atoms with van der Waals surface area (Å²) < 4.78 is 22.4. The summed E-state index contributed by atoms with van der Waals surface area (Å²) >= 11 is 5.79. The van der Waals surface area contributed by atoms with Gasteiger partial charge in [0.15, 0.2) is 0 Å². The molecule has 0 aliphatic carbocycles. The Balaban J connectivity index is 3.00. The van der Waals surface area contributed by atoms with Gasteiger partial charge in [-0.2, -0.15) is 0 Å². The van der Waals surface area contributed by atoms with E-state index in [0.717, 1.165) is 0 Å². The van der Waals surface area contributed by atoms with Crippen LogP contribution in [0.4, 0.5) is 0 Å². The first kappa shape index (κ1) is 10.5. The van der Waals surface area contributed by atoms with Crippen LogP contribution in [0.3, 0.4) is 0 Å².